The number of aromatic nitrogens is 2. The van der Waals surface area contributed by atoms with Gasteiger partial charge in [0, 0.05) is 41.3 Å². The van der Waals surface area contributed by atoms with Crippen molar-refractivity contribution in [3.05, 3.63) is 70.3 Å². The number of piperidine rings is 1. The van der Waals surface area contributed by atoms with E-state index in [1.54, 1.807) is 0 Å². The zero-order valence-electron chi connectivity index (χ0n) is 26.4. The Morgan fingerprint density at radius 2 is 1.79 bits per heavy atom. The number of aryl methyl sites for hydroxylation is 4. The van der Waals surface area contributed by atoms with E-state index in [1.165, 1.54) is 0 Å². The molecule has 3 aromatic rings. The van der Waals surface area contributed by atoms with Gasteiger partial charge in [0.1, 0.15) is 11.9 Å². The second kappa shape index (κ2) is 11.3. The number of carboxylic acid groups (broad SMARTS) is 1. The van der Waals surface area contributed by atoms with Gasteiger partial charge in [0.25, 0.3) is 0 Å². The Bertz CT molecular complexity index is 1480. The largest absolute Gasteiger partial charge is 0.484 e. The lowest BCUT2D eigenvalue weighted by molar-refractivity contribution is -0.160. The maximum absolute atomic E-state index is 12.8. The van der Waals surface area contributed by atoms with Crippen molar-refractivity contribution in [2.75, 3.05) is 18.0 Å². The predicted octanol–water partition coefficient (Wildman–Crippen LogP) is 7.70. The van der Waals surface area contributed by atoms with Crippen molar-refractivity contribution in [3.63, 3.8) is 0 Å². The molecule has 2 aliphatic rings. The summed E-state index contributed by atoms with van der Waals surface area (Å²) in [5.41, 5.74) is 7.85. The normalized spacial score (nSPS) is 19.1. The van der Waals surface area contributed by atoms with E-state index in [0.717, 1.165) is 84.0 Å². The van der Waals surface area contributed by atoms with Gasteiger partial charge in [0.05, 0.1) is 17.0 Å². The number of nitrogens with zero attached hydrogens (tertiary/aromatic N) is 3. The minimum Gasteiger partial charge on any atom is -0.484 e. The van der Waals surface area contributed by atoms with Gasteiger partial charge in [0.15, 0.2) is 6.10 Å². The molecule has 1 N–H and O–H groups in total. The molecule has 0 amide bonds. The molecule has 1 fully saturated rings. The Hall–Kier alpha value is -3.45. The molecule has 7 heteroatoms. The summed E-state index contributed by atoms with van der Waals surface area (Å²) in [6.45, 7) is 17.9. The molecule has 0 aliphatic carbocycles. The summed E-state index contributed by atoms with van der Waals surface area (Å²) in [7, 11) is 0. The zero-order chi connectivity index (χ0) is 30.4. The van der Waals surface area contributed by atoms with Crippen LogP contribution in [0.5, 0.6) is 5.75 Å². The summed E-state index contributed by atoms with van der Waals surface area (Å²) >= 11 is 0. The molecule has 4 heterocycles. The summed E-state index contributed by atoms with van der Waals surface area (Å²) in [6, 6.07) is 12.4. The van der Waals surface area contributed by atoms with Gasteiger partial charge >= 0.3 is 5.97 Å². The number of benzene rings is 1. The molecule has 2 atom stereocenters. The highest BCUT2D eigenvalue weighted by Gasteiger charge is 2.37. The second-order valence-electron chi connectivity index (χ2n) is 13.7. The number of anilines is 1. The molecule has 42 heavy (non-hydrogen) atoms. The van der Waals surface area contributed by atoms with Crippen molar-refractivity contribution in [1.82, 2.24) is 9.97 Å². The van der Waals surface area contributed by atoms with Gasteiger partial charge in [-0.15, -0.1) is 0 Å². The highest BCUT2D eigenvalue weighted by atomic mass is 16.5. The standard InChI is InChI=1S/C35H45N3O4/c1-21-10-9-11-26(36-21)28-15-12-24-20-25(13-14-27(24)41-28)29-22(2)37-23(3)30(32(33(39)40)42-34(4,5)6)31(29)38-18-16-35(7,8)17-19-38/h9-11,13-14,20,28,32H,12,15-19H2,1-8H3,(H,39,40)/t28?,32-/m0/s1. The number of ether oxygens (including phenoxy) is 2. The fraction of sp³-hybridized carbons (Fsp3) is 0.514. The van der Waals surface area contributed by atoms with Crippen molar-refractivity contribution in [2.45, 2.75) is 98.9 Å². The first-order chi connectivity index (χ1) is 19.7. The third-order valence-corrected chi connectivity index (χ3v) is 8.50. The number of carboxylic acids is 1. The fourth-order valence-corrected chi connectivity index (χ4v) is 6.25. The van der Waals surface area contributed by atoms with Crippen LogP contribution in [0.25, 0.3) is 11.1 Å². The Labute approximate surface area is 250 Å². The van der Waals surface area contributed by atoms with Gasteiger partial charge in [-0.3, -0.25) is 9.97 Å². The zero-order valence-corrected chi connectivity index (χ0v) is 26.4. The Balaban J connectivity index is 1.62. The van der Waals surface area contributed by atoms with Crippen molar-refractivity contribution >= 4 is 11.7 Å². The molecule has 0 spiro atoms. The lowest BCUT2D eigenvalue weighted by Gasteiger charge is -2.41. The summed E-state index contributed by atoms with van der Waals surface area (Å²) in [5, 5.41) is 10.5. The number of rotatable bonds is 6. The van der Waals surface area contributed by atoms with E-state index in [-0.39, 0.29) is 11.5 Å². The van der Waals surface area contributed by atoms with Gasteiger partial charge in [0.2, 0.25) is 0 Å². The molecule has 0 bridgehead atoms. The maximum Gasteiger partial charge on any atom is 0.337 e. The summed E-state index contributed by atoms with van der Waals surface area (Å²) in [5.74, 6) is -0.130. The highest BCUT2D eigenvalue weighted by molar-refractivity contribution is 5.88. The Morgan fingerprint density at radius 1 is 1.07 bits per heavy atom. The fourth-order valence-electron chi connectivity index (χ4n) is 6.25. The molecule has 0 saturated carbocycles. The Morgan fingerprint density at radius 3 is 2.43 bits per heavy atom. The number of hydrogen-bond acceptors (Lipinski definition) is 6. The molecular weight excluding hydrogens is 526 g/mol. The molecule has 7 nitrogen and oxygen atoms in total. The van der Waals surface area contributed by atoms with Crippen LogP contribution in [0.1, 0.15) is 100.0 Å². The van der Waals surface area contributed by atoms with Crippen LogP contribution in [0.3, 0.4) is 0 Å². The SMILES string of the molecule is Cc1cccc(C2CCc3cc(-c4c(C)nc(C)c([C@H](OC(C)(C)C)C(=O)O)c4N4CCC(C)(C)CC4)ccc3O2)n1. The number of pyridine rings is 2. The summed E-state index contributed by atoms with van der Waals surface area (Å²) in [4.78, 5) is 24.8. The first kappa shape index (κ1) is 30.0. The van der Waals surface area contributed by atoms with Crippen LogP contribution in [0, 0.1) is 26.2 Å². The van der Waals surface area contributed by atoms with Crippen LogP contribution in [0.4, 0.5) is 5.69 Å². The quantitative estimate of drug-likeness (QED) is 0.324. The number of hydrogen-bond donors (Lipinski definition) is 1. The lowest BCUT2D eigenvalue weighted by Crippen LogP contribution is -2.39. The van der Waals surface area contributed by atoms with Crippen LogP contribution in [-0.4, -0.2) is 39.7 Å². The summed E-state index contributed by atoms with van der Waals surface area (Å²) < 4.78 is 12.7. The molecule has 2 aromatic heterocycles. The van der Waals surface area contributed by atoms with Crippen molar-refractivity contribution in [1.29, 1.82) is 0 Å². The third kappa shape index (κ3) is 6.31. The van der Waals surface area contributed by atoms with E-state index in [2.05, 4.69) is 36.9 Å². The smallest absolute Gasteiger partial charge is 0.337 e. The van der Waals surface area contributed by atoms with E-state index in [4.69, 9.17) is 19.4 Å². The van der Waals surface area contributed by atoms with Gasteiger partial charge < -0.3 is 19.5 Å². The average molecular weight is 572 g/mol. The van der Waals surface area contributed by atoms with Gasteiger partial charge in [-0.05, 0) is 108 Å². The average Bonchev–Trinajstić information content (AvgIpc) is 2.90. The van der Waals surface area contributed by atoms with E-state index in [1.807, 2.05) is 59.7 Å². The van der Waals surface area contributed by atoms with Crippen LogP contribution < -0.4 is 9.64 Å². The molecule has 1 saturated heterocycles. The van der Waals surface area contributed by atoms with Crippen LogP contribution in [-0.2, 0) is 16.0 Å². The van der Waals surface area contributed by atoms with Crippen LogP contribution in [0.15, 0.2) is 36.4 Å². The maximum atomic E-state index is 12.8. The first-order valence-electron chi connectivity index (χ1n) is 15.1. The predicted molar refractivity (Wildman–Crippen MR) is 166 cm³/mol. The van der Waals surface area contributed by atoms with Gasteiger partial charge in [-0.25, -0.2) is 4.79 Å². The molecule has 1 aromatic carbocycles. The van der Waals surface area contributed by atoms with E-state index < -0.39 is 17.7 Å². The molecule has 5 rings (SSSR count). The second-order valence-corrected chi connectivity index (χ2v) is 13.7. The van der Waals surface area contributed by atoms with Crippen LogP contribution >= 0.6 is 0 Å². The topological polar surface area (TPSA) is 84.8 Å². The van der Waals surface area contributed by atoms with Crippen LogP contribution in [0.2, 0.25) is 0 Å². The lowest BCUT2D eigenvalue weighted by atomic mass is 9.81. The molecule has 1 unspecified atom stereocenters. The van der Waals surface area contributed by atoms with Crippen molar-refractivity contribution in [3.8, 4) is 16.9 Å². The summed E-state index contributed by atoms with van der Waals surface area (Å²) in [6.07, 6.45) is 2.55. The van der Waals surface area contributed by atoms with Gasteiger partial charge in [-0.2, -0.15) is 0 Å². The van der Waals surface area contributed by atoms with Crippen molar-refractivity contribution in [2.24, 2.45) is 5.41 Å². The van der Waals surface area contributed by atoms with Gasteiger partial charge in [-0.1, -0.05) is 26.0 Å². The number of fused-ring (bicyclic) bond motifs is 1. The molecular formula is C35H45N3O4. The highest BCUT2D eigenvalue weighted by Crippen LogP contribution is 2.46. The molecule has 2 aliphatic heterocycles. The van der Waals surface area contributed by atoms with Crippen molar-refractivity contribution < 1.29 is 19.4 Å². The minimum atomic E-state index is -1.13. The minimum absolute atomic E-state index is 0.0734. The molecule has 224 valence electrons. The monoisotopic (exact) mass is 571 g/mol. The first-order valence-corrected chi connectivity index (χ1v) is 15.1. The number of carbonyl (C=O) groups is 1. The van der Waals surface area contributed by atoms with E-state index in [0.29, 0.717) is 11.3 Å². The number of aliphatic carboxylic acids is 1. The Kier molecular flexibility index (Phi) is 8.10. The molecule has 0 radical (unpaired) electrons. The third-order valence-electron chi connectivity index (χ3n) is 8.50. The van der Waals surface area contributed by atoms with E-state index in [9.17, 15) is 9.90 Å². The van der Waals surface area contributed by atoms with E-state index >= 15 is 0 Å².